The molecule has 0 amide bonds. The molecule has 2 aliphatic carbocycles. The third-order valence-electron chi connectivity index (χ3n) is 22.6. The van der Waals surface area contributed by atoms with E-state index in [4.69, 9.17) is 19.9 Å². The lowest BCUT2D eigenvalue weighted by Gasteiger charge is -2.40. The van der Waals surface area contributed by atoms with Crippen molar-refractivity contribution < 1.29 is 0 Å². The van der Waals surface area contributed by atoms with Gasteiger partial charge in [0.15, 0.2) is 11.6 Å². The highest BCUT2D eigenvalue weighted by Gasteiger charge is 2.53. The van der Waals surface area contributed by atoms with Gasteiger partial charge in [-0.25, -0.2) is 19.9 Å². The summed E-state index contributed by atoms with van der Waals surface area (Å²) in [5, 5.41) is 21.1. The first kappa shape index (κ1) is 64.5. The van der Waals surface area contributed by atoms with Crippen molar-refractivity contribution in [3.05, 3.63) is 420 Å². The van der Waals surface area contributed by atoms with E-state index in [-0.39, 0.29) is 0 Å². The molecule has 1 unspecified atom stereocenters. The van der Waals surface area contributed by atoms with Crippen molar-refractivity contribution in [3.63, 3.8) is 0 Å². The van der Waals surface area contributed by atoms with Crippen LogP contribution in [0, 0.1) is 22.7 Å². The fourth-order valence-electron chi connectivity index (χ4n) is 17.6. The summed E-state index contributed by atoms with van der Waals surface area (Å²) >= 11 is 3.65. The van der Waals surface area contributed by atoms with Gasteiger partial charge in [-0.2, -0.15) is 10.5 Å². The van der Waals surface area contributed by atoms with E-state index in [9.17, 15) is 10.5 Å². The molecule has 8 heteroatoms. The molecule has 1 atom stereocenters. The van der Waals surface area contributed by atoms with Crippen LogP contribution in [0.15, 0.2) is 384 Å². The number of benzene rings is 15. The maximum atomic E-state index is 11.1. The Hall–Kier alpha value is -13.9. The molecule has 2 aromatic heterocycles. The summed E-state index contributed by atoms with van der Waals surface area (Å²) < 4.78 is 0. The van der Waals surface area contributed by atoms with E-state index < -0.39 is 10.8 Å². The van der Waals surface area contributed by atoms with E-state index in [1.807, 2.05) is 78.1 Å². The Balaban J connectivity index is 0.682. The summed E-state index contributed by atoms with van der Waals surface area (Å²) in [5.41, 5.74) is 31.5. The van der Waals surface area contributed by atoms with Crippen LogP contribution in [0.1, 0.15) is 55.6 Å². The molecule has 0 radical (unpaired) electrons. The standard InChI is InChI=1S/C102H60N6S2/c103-61-63-37-39-67(40-38-63)77-26-17-32-87-97(77)80-58-75(54-56-82(80)101(87)83-28-10-13-34-93(83)109-94-35-14-11-29-84(94)101)100-107-91(71-47-41-65(42-48-71)64-19-4-1-5-20-64)60-92(108-100)72-49-45-68(46-50-72)78-27-18-33-88-98(78)110-95-36-15-12-30-85(95)102(88)81-55-53-74(57-79(81)96-76(62-104)25-16-31-86(96)102)66-43-51-73(52-44-66)99-105-89(69-21-6-2-7-22-69)59-90(106-99)70-23-8-3-9-24-70/h1-60H. The van der Waals surface area contributed by atoms with Crippen molar-refractivity contribution in [1.29, 1.82) is 10.5 Å². The predicted octanol–water partition coefficient (Wildman–Crippen LogP) is 25.3. The second kappa shape index (κ2) is 26.0. The van der Waals surface area contributed by atoms with Crippen LogP contribution in [0.5, 0.6) is 0 Å². The molecule has 0 bridgehead atoms. The maximum Gasteiger partial charge on any atom is 0.160 e. The SMILES string of the molecule is N#Cc1ccc(-c2cccc3c2-c2cc(-c4nc(-c5ccc(-c6ccccc6)cc5)cc(-c5ccc(-c6cccc7c6Sc6ccccc6C76c7ccc(-c8ccc(-c9nc(-c%10ccccc%10)cc(-c%10ccccc%10)n9)cc8)cc7-c7c(C#N)cccc76)cc5)n4)ccc2C32c3ccccc3Sc3ccccc32)cc1. The molecule has 2 spiro atoms. The number of hydrogen-bond donors (Lipinski definition) is 0. The largest absolute Gasteiger partial charge is 0.228 e. The van der Waals surface area contributed by atoms with Gasteiger partial charge < -0.3 is 0 Å². The number of aromatic nitrogens is 4. The summed E-state index contributed by atoms with van der Waals surface area (Å²) in [4.78, 5) is 26.2. The molecule has 510 valence electrons. The monoisotopic (exact) mass is 1430 g/mol. The Kier molecular flexibility index (Phi) is 15.2. The number of nitriles is 2. The molecule has 0 N–H and O–H groups in total. The number of rotatable bonds is 10. The quantitative estimate of drug-likeness (QED) is 0.134. The molecule has 4 aliphatic rings. The summed E-state index contributed by atoms with van der Waals surface area (Å²) in [5.74, 6) is 1.27. The smallest absolute Gasteiger partial charge is 0.160 e. The molecule has 6 nitrogen and oxygen atoms in total. The van der Waals surface area contributed by atoms with E-state index in [1.165, 1.54) is 53.0 Å². The highest BCUT2D eigenvalue weighted by molar-refractivity contribution is 8.00. The Labute approximate surface area is 646 Å². The van der Waals surface area contributed by atoms with Gasteiger partial charge in [-0.3, -0.25) is 0 Å². The molecule has 0 saturated carbocycles. The second-order valence-corrected chi connectivity index (χ2v) is 30.5. The lowest BCUT2D eigenvalue weighted by Crippen LogP contribution is -2.32. The second-order valence-electron chi connectivity index (χ2n) is 28.4. The average Bonchev–Trinajstić information content (AvgIpc) is 1.50. The summed E-state index contributed by atoms with van der Waals surface area (Å²) in [6.07, 6.45) is 0. The van der Waals surface area contributed by atoms with Crippen molar-refractivity contribution in [1.82, 2.24) is 19.9 Å². The van der Waals surface area contributed by atoms with Crippen molar-refractivity contribution >= 4 is 23.5 Å². The van der Waals surface area contributed by atoms with Crippen LogP contribution in [0.3, 0.4) is 0 Å². The zero-order valence-electron chi connectivity index (χ0n) is 59.1. The number of hydrogen-bond acceptors (Lipinski definition) is 8. The molecule has 0 saturated heterocycles. The molecule has 4 heterocycles. The molecule has 0 fully saturated rings. The summed E-state index contributed by atoms with van der Waals surface area (Å²) in [6, 6.07) is 135. The Morgan fingerprint density at radius 2 is 0.591 bits per heavy atom. The Morgan fingerprint density at radius 3 is 1.15 bits per heavy atom. The van der Waals surface area contributed by atoms with Gasteiger partial charge >= 0.3 is 0 Å². The highest BCUT2D eigenvalue weighted by atomic mass is 32.2. The topological polar surface area (TPSA) is 99.1 Å². The predicted molar refractivity (Wildman–Crippen MR) is 444 cm³/mol. The van der Waals surface area contributed by atoms with Crippen molar-refractivity contribution in [2.45, 2.75) is 30.4 Å². The minimum absolute atomic E-state index is 0.614. The molecule has 21 rings (SSSR count). The van der Waals surface area contributed by atoms with Gasteiger partial charge in [-0.15, -0.1) is 0 Å². The number of fused-ring (bicyclic) bond motifs is 18. The van der Waals surface area contributed by atoms with Gasteiger partial charge in [-0.05, 0) is 166 Å². The van der Waals surface area contributed by atoms with Gasteiger partial charge in [-0.1, -0.05) is 327 Å². The van der Waals surface area contributed by atoms with Crippen LogP contribution >= 0.6 is 23.5 Å². The van der Waals surface area contributed by atoms with Crippen LogP contribution in [0.25, 0.3) is 135 Å². The van der Waals surface area contributed by atoms with Crippen LogP contribution in [0.2, 0.25) is 0 Å². The van der Waals surface area contributed by atoms with Crippen molar-refractivity contribution in [3.8, 4) is 147 Å². The fourth-order valence-corrected chi connectivity index (χ4v) is 20.2. The summed E-state index contributed by atoms with van der Waals surface area (Å²) in [6.45, 7) is 0. The lowest BCUT2D eigenvalue weighted by molar-refractivity contribution is 0.722. The van der Waals surface area contributed by atoms with E-state index in [0.717, 1.165) is 134 Å². The van der Waals surface area contributed by atoms with Gasteiger partial charge in [0.05, 0.1) is 56.9 Å². The Bertz CT molecular complexity index is 6600. The van der Waals surface area contributed by atoms with Gasteiger partial charge in [0.1, 0.15) is 0 Å². The number of nitrogens with zero attached hydrogens (tertiary/aromatic N) is 6. The van der Waals surface area contributed by atoms with Crippen molar-refractivity contribution in [2.24, 2.45) is 0 Å². The minimum atomic E-state index is -0.756. The molecular weight excluding hydrogens is 1370 g/mol. The molecular formula is C102H60N6S2. The third-order valence-corrected chi connectivity index (χ3v) is 25.0. The van der Waals surface area contributed by atoms with Crippen LogP contribution in [-0.4, -0.2) is 19.9 Å². The van der Waals surface area contributed by atoms with Gasteiger partial charge in [0, 0.05) is 58.5 Å². The zero-order valence-corrected chi connectivity index (χ0v) is 60.8. The van der Waals surface area contributed by atoms with Gasteiger partial charge in [0.25, 0.3) is 0 Å². The first-order valence-electron chi connectivity index (χ1n) is 36.9. The van der Waals surface area contributed by atoms with Gasteiger partial charge in [0.2, 0.25) is 0 Å². The normalized spacial score (nSPS) is 14.0. The van der Waals surface area contributed by atoms with Crippen LogP contribution in [-0.2, 0) is 10.8 Å². The first-order chi connectivity index (χ1) is 54.4. The van der Waals surface area contributed by atoms with E-state index >= 15 is 0 Å². The lowest BCUT2D eigenvalue weighted by atomic mass is 9.66. The van der Waals surface area contributed by atoms with E-state index in [1.54, 1.807) is 0 Å². The third kappa shape index (κ3) is 10.2. The van der Waals surface area contributed by atoms with Crippen LogP contribution < -0.4 is 0 Å². The molecule has 15 aromatic carbocycles. The minimum Gasteiger partial charge on any atom is -0.228 e. The molecule has 17 aromatic rings. The van der Waals surface area contributed by atoms with Crippen LogP contribution in [0.4, 0.5) is 0 Å². The summed E-state index contributed by atoms with van der Waals surface area (Å²) in [7, 11) is 0. The van der Waals surface area contributed by atoms with E-state index in [2.05, 4.69) is 322 Å². The first-order valence-corrected chi connectivity index (χ1v) is 38.5. The van der Waals surface area contributed by atoms with E-state index in [0.29, 0.717) is 22.8 Å². The maximum absolute atomic E-state index is 11.1. The average molecular weight is 1430 g/mol. The Morgan fingerprint density at radius 1 is 0.227 bits per heavy atom. The fraction of sp³-hybridized carbons (Fsp3) is 0.0196. The van der Waals surface area contributed by atoms with Crippen molar-refractivity contribution in [2.75, 3.05) is 0 Å². The zero-order chi connectivity index (χ0) is 73.0. The highest BCUT2D eigenvalue weighted by Crippen LogP contribution is 2.66. The molecule has 110 heavy (non-hydrogen) atoms. The molecule has 2 aliphatic heterocycles.